The van der Waals surface area contributed by atoms with E-state index < -0.39 is 12.0 Å². The van der Waals surface area contributed by atoms with Crippen LogP contribution in [0.3, 0.4) is 0 Å². The van der Waals surface area contributed by atoms with Crippen molar-refractivity contribution in [2.75, 3.05) is 19.9 Å². The van der Waals surface area contributed by atoms with Gasteiger partial charge in [-0.1, -0.05) is 15.9 Å². The average Bonchev–Trinajstić information content (AvgIpc) is 2.92. The molecule has 2 N–H and O–H groups in total. The summed E-state index contributed by atoms with van der Waals surface area (Å²) in [6, 6.07) is 2.97. The maximum Gasteiger partial charge on any atom is 0.320 e. The fourth-order valence-electron chi connectivity index (χ4n) is 2.24. The Balaban J connectivity index is 2.13. The Morgan fingerprint density at radius 3 is 2.65 bits per heavy atom. The lowest BCUT2D eigenvalue weighted by Gasteiger charge is -2.27. The van der Waals surface area contributed by atoms with E-state index in [-0.39, 0.29) is 12.7 Å². The van der Waals surface area contributed by atoms with Crippen molar-refractivity contribution < 1.29 is 24.2 Å². The molecular formula is C15H19BrN2O5. The highest BCUT2D eigenvalue weighted by Gasteiger charge is 2.23. The van der Waals surface area contributed by atoms with Crippen LogP contribution < -0.4 is 14.8 Å². The van der Waals surface area contributed by atoms with Gasteiger partial charge in [0.25, 0.3) is 0 Å². The highest BCUT2D eigenvalue weighted by Crippen LogP contribution is 2.37. The van der Waals surface area contributed by atoms with Crippen molar-refractivity contribution in [3.05, 3.63) is 22.2 Å². The number of aliphatic carboxylic acids is 1. The predicted molar refractivity (Wildman–Crippen MR) is 86.5 cm³/mol. The number of carboxylic acids is 1. The number of ether oxygens (including phenoxy) is 2. The topological polar surface area (TPSA) is 88.1 Å². The quantitative estimate of drug-likeness (QED) is 0.739. The summed E-state index contributed by atoms with van der Waals surface area (Å²) in [4.78, 5) is 24.1. The van der Waals surface area contributed by atoms with Gasteiger partial charge in [-0.25, -0.2) is 0 Å². The fourth-order valence-corrected chi connectivity index (χ4v) is 2.69. The first-order valence-corrected chi connectivity index (χ1v) is 7.97. The maximum absolute atomic E-state index is 11.3. The minimum absolute atomic E-state index is 0.141. The van der Waals surface area contributed by atoms with Crippen LogP contribution in [-0.4, -0.2) is 47.8 Å². The van der Waals surface area contributed by atoms with Crippen LogP contribution in [0.5, 0.6) is 11.5 Å². The van der Waals surface area contributed by atoms with Gasteiger partial charge in [0.2, 0.25) is 12.7 Å². The summed E-state index contributed by atoms with van der Waals surface area (Å²) in [6.07, 6.45) is 0. The highest BCUT2D eigenvalue weighted by molar-refractivity contribution is 9.10. The van der Waals surface area contributed by atoms with Gasteiger partial charge in [0.1, 0.15) is 6.04 Å². The number of halogens is 1. The lowest BCUT2D eigenvalue weighted by molar-refractivity contribution is -0.142. The lowest BCUT2D eigenvalue weighted by atomic mass is 10.1. The van der Waals surface area contributed by atoms with Crippen LogP contribution in [0.1, 0.15) is 19.4 Å². The molecule has 0 fully saturated rings. The minimum Gasteiger partial charge on any atom is -0.480 e. The number of carboxylic acid groups (broad SMARTS) is 1. The van der Waals surface area contributed by atoms with E-state index >= 15 is 0 Å². The summed E-state index contributed by atoms with van der Waals surface area (Å²) in [5, 5.41) is 12.0. The van der Waals surface area contributed by atoms with Crippen molar-refractivity contribution in [1.82, 2.24) is 10.2 Å². The van der Waals surface area contributed by atoms with Crippen LogP contribution in [0.4, 0.5) is 0 Å². The molecule has 1 aromatic carbocycles. The molecule has 7 nitrogen and oxygen atoms in total. The van der Waals surface area contributed by atoms with Crippen LogP contribution in [0.2, 0.25) is 0 Å². The standard InChI is InChI=1S/C15H19BrN2O5/c1-9(15(20)21)18(4-3-17-10(2)19)7-11-5-13-14(6-12(11)16)23-8-22-13/h5-6,9H,3-4,7-8H2,1-2H3,(H,17,19)(H,20,21). The SMILES string of the molecule is CC(=O)NCCN(Cc1cc2c(cc1Br)OCO2)C(C)C(=O)O. The molecule has 8 heteroatoms. The van der Waals surface area contributed by atoms with Crippen LogP contribution in [0.25, 0.3) is 0 Å². The van der Waals surface area contributed by atoms with Gasteiger partial charge in [-0.15, -0.1) is 0 Å². The molecule has 1 aliphatic heterocycles. The van der Waals surface area contributed by atoms with E-state index in [1.165, 1.54) is 6.92 Å². The first kappa shape index (κ1) is 17.6. The number of nitrogens with one attached hydrogen (secondary N) is 1. The van der Waals surface area contributed by atoms with E-state index in [1.807, 2.05) is 12.1 Å². The third-order valence-electron chi connectivity index (χ3n) is 3.59. The number of carbonyl (C=O) groups excluding carboxylic acids is 1. The normalized spacial score (nSPS) is 13.9. The molecule has 1 aromatic rings. The van der Waals surface area contributed by atoms with Crippen molar-refractivity contribution in [3.8, 4) is 11.5 Å². The van der Waals surface area contributed by atoms with E-state index in [9.17, 15) is 14.7 Å². The predicted octanol–water partition coefficient (Wildman–Crippen LogP) is 1.59. The van der Waals surface area contributed by atoms with Gasteiger partial charge in [0, 0.05) is 31.0 Å². The van der Waals surface area contributed by atoms with Gasteiger partial charge < -0.3 is 19.9 Å². The van der Waals surface area contributed by atoms with Gasteiger partial charge in [0.15, 0.2) is 11.5 Å². The molecule has 1 unspecified atom stereocenters. The number of fused-ring (bicyclic) bond motifs is 1. The molecule has 0 saturated carbocycles. The third-order valence-corrected chi connectivity index (χ3v) is 4.33. The molecule has 0 aromatic heterocycles. The second-order valence-corrected chi connectivity index (χ2v) is 6.12. The molecule has 126 valence electrons. The van der Waals surface area contributed by atoms with Crippen LogP contribution >= 0.6 is 15.9 Å². The van der Waals surface area contributed by atoms with Crippen molar-refractivity contribution in [2.45, 2.75) is 26.4 Å². The molecule has 0 spiro atoms. The molecule has 1 aliphatic rings. The highest BCUT2D eigenvalue weighted by atomic mass is 79.9. The largest absolute Gasteiger partial charge is 0.480 e. The molecule has 2 rings (SSSR count). The summed E-state index contributed by atoms with van der Waals surface area (Å²) in [6.45, 7) is 4.45. The van der Waals surface area contributed by atoms with Gasteiger partial charge in [-0.3, -0.25) is 14.5 Å². The molecule has 0 radical (unpaired) electrons. The number of benzene rings is 1. The summed E-state index contributed by atoms with van der Waals surface area (Å²) in [5.74, 6) is 0.256. The van der Waals surface area contributed by atoms with Crippen molar-refractivity contribution in [2.24, 2.45) is 0 Å². The fraction of sp³-hybridized carbons (Fsp3) is 0.467. The molecule has 1 heterocycles. The van der Waals surface area contributed by atoms with Crippen molar-refractivity contribution >= 4 is 27.8 Å². The Labute approximate surface area is 142 Å². The minimum atomic E-state index is -0.912. The number of amides is 1. The van der Waals surface area contributed by atoms with E-state index in [2.05, 4.69) is 21.2 Å². The number of hydrogen-bond donors (Lipinski definition) is 2. The first-order valence-electron chi connectivity index (χ1n) is 7.17. The molecule has 1 amide bonds. The third kappa shape index (κ3) is 4.59. The molecule has 23 heavy (non-hydrogen) atoms. The molecule has 0 aliphatic carbocycles. The van der Waals surface area contributed by atoms with Crippen LogP contribution in [-0.2, 0) is 16.1 Å². The lowest BCUT2D eigenvalue weighted by Crippen LogP contribution is -2.42. The van der Waals surface area contributed by atoms with E-state index in [4.69, 9.17) is 9.47 Å². The van der Waals surface area contributed by atoms with Crippen molar-refractivity contribution in [3.63, 3.8) is 0 Å². The van der Waals surface area contributed by atoms with E-state index in [1.54, 1.807) is 11.8 Å². The first-order chi connectivity index (χ1) is 10.9. The van der Waals surface area contributed by atoms with Crippen molar-refractivity contribution in [1.29, 1.82) is 0 Å². The van der Waals surface area contributed by atoms with Gasteiger partial charge in [0.05, 0.1) is 0 Å². The number of rotatable bonds is 7. The maximum atomic E-state index is 11.3. The Morgan fingerprint density at radius 1 is 1.39 bits per heavy atom. The summed E-state index contributed by atoms with van der Waals surface area (Å²) in [5.41, 5.74) is 0.894. The van der Waals surface area contributed by atoms with Gasteiger partial charge in [-0.05, 0) is 24.6 Å². The van der Waals surface area contributed by atoms with E-state index in [0.29, 0.717) is 31.1 Å². The number of carbonyl (C=O) groups is 2. The summed E-state index contributed by atoms with van der Waals surface area (Å²) >= 11 is 3.48. The second kappa shape index (κ2) is 7.65. The second-order valence-electron chi connectivity index (χ2n) is 5.26. The van der Waals surface area contributed by atoms with Gasteiger partial charge in [-0.2, -0.15) is 0 Å². The molecular weight excluding hydrogens is 368 g/mol. The monoisotopic (exact) mass is 386 g/mol. The van der Waals surface area contributed by atoms with E-state index in [0.717, 1.165) is 10.0 Å². The van der Waals surface area contributed by atoms with Crippen LogP contribution in [0, 0.1) is 0 Å². The smallest absolute Gasteiger partial charge is 0.320 e. The number of hydrogen-bond acceptors (Lipinski definition) is 5. The summed E-state index contributed by atoms with van der Waals surface area (Å²) < 4.78 is 11.5. The zero-order valence-corrected chi connectivity index (χ0v) is 14.6. The molecule has 0 bridgehead atoms. The Morgan fingerprint density at radius 2 is 2.04 bits per heavy atom. The number of nitrogens with zero attached hydrogens (tertiary/aromatic N) is 1. The van der Waals surface area contributed by atoms with Crippen LogP contribution in [0.15, 0.2) is 16.6 Å². The Bertz CT molecular complexity index is 608. The Kier molecular flexibility index (Phi) is 5.84. The Hall–Kier alpha value is -1.80. The average molecular weight is 387 g/mol. The summed E-state index contributed by atoms with van der Waals surface area (Å²) in [7, 11) is 0. The van der Waals surface area contributed by atoms with Gasteiger partial charge >= 0.3 is 5.97 Å². The zero-order valence-electron chi connectivity index (χ0n) is 13.0. The molecule has 0 saturated heterocycles. The zero-order chi connectivity index (χ0) is 17.0. The molecule has 1 atom stereocenters.